The molecule has 0 heterocycles. The van der Waals surface area contributed by atoms with Crippen molar-refractivity contribution < 1.29 is 8.42 Å². The van der Waals surface area contributed by atoms with Crippen LogP contribution in [0.4, 0.5) is 11.4 Å². The van der Waals surface area contributed by atoms with E-state index in [0.29, 0.717) is 11.6 Å². The average Bonchev–Trinajstić information content (AvgIpc) is 2.28. The topological polar surface area (TPSA) is 58.2 Å². The minimum Gasteiger partial charge on any atom is -0.385 e. The maximum Gasteiger partial charge on any atom is 0.229 e. The molecule has 0 unspecified atom stereocenters. The lowest BCUT2D eigenvalue weighted by molar-refractivity contribution is 0.593. The third-order valence-corrected chi connectivity index (χ3v) is 3.48. The summed E-state index contributed by atoms with van der Waals surface area (Å²) in [6, 6.07) is 5.70. The lowest BCUT2D eigenvalue weighted by Crippen LogP contribution is -2.12. The van der Waals surface area contributed by atoms with Crippen LogP contribution in [0.1, 0.15) is 25.8 Å². The molecule has 0 aliphatic carbocycles. The predicted molar refractivity (Wildman–Crippen MR) is 77.6 cm³/mol. The van der Waals surface area contributed by atoms with E-state index in [1.807, 2.05) is 25.1 Å². The molecule has 18 heavy (non-hydrogen) atoms. The van der Waals surface area contributed by atoms with Crippen molar-refractivity contribution in [3.8, 4) is 0 Å². The maximum absolute atomic E-state index is 11.2. The van der Waals surface area contributed by atoms with E-state index in [1.54, 1.807) is 0 Å². The highest BCUT2D eigenvalue weighted by molar-refractivity contribution is 7.92. The molecule has 2 N–H and O–H groups in total. The Morgan fingerprint density at radius 3 is 2.56 bits per heavy atom. The van der Waals surface area contributed by atoms with Crippen molar-refractivity contribution in [2.24, 2.45) is 5.92 Å². The Hall–Kier alpha value is -1.23. The number of nitrogens with one attached hydrogen (secondary N) is 2. The van der Waals surface area contributed by atoms with Crippen molar-refractivity contribution in [3.05, 3.63) is 23.8 Å². The van der Waals surface area contributed by atoms with Gasteiger partial charge in [-0.1, -0.05) is 26.3 Å². The van der Waals surface area contributed by atoms with Crippen LogP contribution in [0.15, 0.2) is 18.2 Å². The van der Waals surface area contributed by atoms with Crippen LogP contribution in [-0.2, 0) is 10.0 Å². The van der Waals surface area contributed by atoms with Gasteiger partial charge in [-0.2, -0.15) is 0 Å². The highest BCUT2D eigenvalue weighted by atomic mass is 32.2. The van der Waals surface area contributed by atoms with E-state index in [9.17, 15) is 8.42 Å². The van der Waals surface area contributed by atoms with E-state index in [0.717, 1.165) is 30.5 Å². The van der Waals surface area contributed by atoms with Gasteiger partial charge < -0.3 is 5.32 Å². The summed E-state index contributed by atoms with van der Waals surface area (Å²) in [6.45, 7) is 7.10. The molecule has 102 valence electrons. The normalized spacial score (nSPS) is 13.1. The third-order valence-electron chi connectivity index (χ3n) is 2.88. The molecule has 0 radical (unpaired) electrons. The van der Waals surface area contributed by atoms with Crippen LogP contribution in [-0.4, -0.2) is 21.2 Å². The maximum atomic E-state index is 11.2. The molecule has 0 bridgehead atoms. The molecule has 0 spiro atoms. The van der Waals surface area contributed by atoms with E-state index in [-0.39, 0.29) is 0 Å². The zero-order valence-electron chi connectivity index (χ0n) is 11.4. The number of benzene rings is 1. The lowest BCUT2D eigenvalue weighted by atomic mass is 10.1. The summed E-state index contributed by atoms with van der Waals surface area (Å²) in [4.78, 5) is 0. The second kappa shape index (κ2) is 6.09. The summed E-state index contributed by atoms with van der Waals surface area (Å²) in [5.74, 6) is 0.595. The fourth-order valence-corrected chi connectivity index (χ4v) is 2.10. The van der Waals surface area contributed by atoms with Crippen LogP contribution in [0.5, 0.6) is 0 Å². The zero-order valence-corrected chi connectivity index (χ0v) is 12.3. The molecule has 0 saturated heterocycles. The number of anilines is 2. The van der Waals surface area contributed by atoms with E-state index in [1.165, 1.54) is 0 Å². The van der Waals surface area contributed by atoms with E-state index in [4.69, 9.17) is 0 Å². The number of rotatable bonds is 6. The molecule has 1 aromatic carbocycles. The molecule has 1 aromatic rings. The predicted octanol–water partition coefficient (Wildman–Crippen LogP) is 2.82. The van der Waals surface area contributed by atoms with Crippen LogP contribution >= 0.6 is 0 Å². The van der Waals surface area contributed by atoms with Crippen molar-refractivity contribution in [2.45, 2.75) is 27.2 Å². The van der Waals surface area contributed by atoms with Crippen molar-refractivity contribution in [1.29, 1.82) is 0 Å². The standard InChI is InChI=1S/C13H22N2O2S/c1-5-10(2)9-14-12-7-6-11(3)13(8-12)15-18(4,16)17/h6-8,10,14-15H,5,9H2,1-4H3/t10-/m1/s1. The first-order chi connectivity index (χ1) is 8.31. The summed E-state index contributed by atoms with van der Waals surface area (Å²) in [5.41, 5.74) is 2.48. The summed E-state index contributed by atoms with van der Waals surface area (Å²) >= 11 is 0. The van der Waals surface area contributed by atoms with E-state index < -0.39 is 10.0 Å². The number of hydrogen-bond donors (Lipinski definition) is 2. The minimum absolute atomic E-state index is 0.595. The molecule has 0 aliphatic rings. The fraction of sp³-hybridized carbons (Fsp3) is 0.538. The minimum atomic E-state index is -3.23. The monoisotopic (exact) mass is 270 g/mol. The SMILES string of the molecule is CC[C@@H](C)CNc1ccc(C)c(NS(C)(=O)=O)c1. The summed E-state index contributed by atoms with van der Waals surface area (Å²) in [6.07, 6.45) is 2.28. The molecule has 0 aliphatic heterocycles. The van der Waals surface area contributed by atoms with Gasteiger partial charge in [0.15, 0.2) is 0 Å². The molecular formula is C13H22N2O2S. The molecule has 0 saturated carbocycles. The molecule has 0 aromatic heterocycles. The average molecular weight is 270 g/mol. The van der Waals surface area contributed by atoms with Crippen molar-refractivity contribution in [1.82, 2.24) is 0 Å². The quantitative estimate of drug-likeness (QED) is 0.835. The Morgan fingerprint density at radius 2 is 2.00 bits per heavy atom. The van der Waals surface area contributed by atoms with Gasteiger partial charge in [0.05, 0.1) is 11.9 Å². The van der Waals surface area contributed by atoms with Gasteiger partial charge in [0, 0.05) is 12.2 Å². The molecule has 1 atom stereocenters. The number of hydrogen-bond acceptors (Lipinski definition) is 3. The Kier molecular flexibility index (Phi) is 5.02. The Balaban J connectivity index is 2.81. The second-order valence-corrected chi connectivity index (χ2v) is 6.55. The van der Waals surface area contributed by atoms with Crippen molar-refractivity contribution in [3.63, 3.8) is 0 Å². The van der Waals surface area contributed by atoms with Crippen LogP contribution in [0.2, 0.25) is 0 Å². The van der Waals surface area contributed by atoms with Gasteiger partial charge >= 0.3 is 0 Å². The molecule has 1 rings (SSSR count). The van der Waals surface area contributed by atoms with Crippen LogP contribution in [0.3, 0.4) is 0 Å². The van der Waals surface area contributed by atoms with Gasteiger partial charge in [0.1, 0.15) is 0 Å². The van der Waals surface area contributed by atoms with Crippen LogP contribution in [0.25, 0.3) is 0 Å². The second-order valence-electron chi connectivity index (χ2n) is 4.80. The first-order valence-electron chi connectivity index (χ1n) is 6.14. The van der Waals surface area contributed by atoms with Gasteiger partial charge in [0.2, 0.25) is 10.0 Å². The molecule has 5 heteroatoms. The lowest BCUT2D eigenvalue weighted by Gasteiger charge is -2.14. The molecule has 4 nitrogen and oxygen atoms in total. The Morgan fingerprint density at radius 1 is 1.33 bits per heavy atom. The molecular weight excluding hydrogens is 248 g/mol. The zero-order chi connectivity index (χ0) is 13.8. The number of sulfonamides is 1. The first-order valence-corrected chi connectivity index (χ1v) is 8.03. The first kappa shape index (κ1) is 14.8. The highest BCUT2D eigenvalue weighted by Gasteiger charge is 2.06. The van der Waals surface area contributed by atoms with Crippen LogP contribution in [0, 0.1) is 12.8 Å². The van der Waals surface area contributed by atoms with Crippen LogP contribution < -0.4 is 10.0 Å². The Bertz CT molecular complexity index is 498. The summed E-state index contributed by atoms with van der Waals surface area (Å²) in [5, 5.41) is 3.31. The highest BCUT2D eigenvalue weighted by Crippen LogP contribution is 2.21. The van der Waals surface area contributed by atoms with E-state index >= 15 is 0 Å². The smallest absolute Gasteiger partial charge is 0.229 e. The third kappa shape index (κ3) is 4.96. The van der Waals surface area contributed by atoms with Gasteiger partial charge in [-0.3, -0.25) is 4.72 Å². The van der Waals surface area contributed by atoms with Crippen molar-refractivity contribution >= 4 is 21.4 Å². The summed E-state index contributed by atoms with van der Waals surface area (Å²) in [7, 11) is -3.23. The van der Waals surface area contributed by atoms with Gasteiger partial charge in [-0.25, -0.2) is 8.42 Å². The van der Waals surface area contributed by atoms with Crippen molar-refractivity contribution in [2.75, 3.05) is 22.8 Å². The van der Waals surface area contributed by atoms with Gasteiger partial charge in [0.25, 0.3) is 0 Å². The van der Waals surface area contributed by atoms with Gasteiger partial charge in [-0.15, -0.1) is 0 Å². The van der Waals surface area contributed by atoms with E-state index in [2.05, 4.69) is 23.9 Å². The number of aryl methyl sites for hydroxylation is 1. The molecule has 0 amide bonds. The largest absolute Gasteiger partial charge is 0.385 e. The van der Waals surface area contributed by atoms with Gasteiger partial charge in [-0.05, 0) is 30.5 Å². The molecule has 0 fully saturated rings. The summed E-state index contributed by atoms with van der Waals surface area (Å²) < 4.78 is 25.0. The fourth-order valence-electron chi connectivity index (χ4n) is 1.48. The Labute approximate surface area is 110 Å².